The van der Waals surface area contributed by atoms with Crippen molar-refractivity contribution in [1.29, 1.82) is 0 Å². The summed E-state index contributed by atoms with van der Waals surface area (Å²) in [7, 11) is 0. The smallest absolute Gasteiger partial charge is 0.119 e. The van der Waals surface area contributed by atoms with E-state index < -0.39 is 0 Å². The van der Waals surface area contributed by atoms with Crippen molar-refractivity contribution in [3.63, 3.8) is 0 Å². The molecule has 1 rings (SSSR count). The van der Waals surface area contributed by atoms with Gasteiger partial charge in [0.05, 0.1) is 6.10 Å². The van der Waals surface area contributed by atoms with Crippen LogP contribution in [0.15, 0.2) is 42.5 Å². The van der Waals surface area contributed by atoms with Crippen LogP contribution in [0.25, 0.3) is 5.57 Å². The van der Waals surface area contributed by atoms with E-state index in [2.05, 4.69) is 44.2 Å². The van der Waals surface area contributed by atoms with Gasteiger partial charge in [-0.25, -0.2) is 0 Å². The predicted octanol–water partition coefficient (Wildman–Crippen LogP) is 4.84. The van der Waals surface area contributed by atoms with Crippen LogP contribution in [0.2, 0.25) is 0 Å². The number of hydrogen-bond donors (Lipinski definition) is 0. The van der Waals surface area contributed by atoms with Crippen molar-refractivity contribution in [3.05, 3.63) is 48.1 Å². The van der Waals surface area contributed by atoms with E-state index in [0.717, 1.165) is 12.2 Å². The lowest BCUT2D eigenvalue weighted by molar-refractivity contribution is 0.242. The van der Waals surface area contributed by atoms with Crippen molar-refractivity contribution in [2.75, 3.05) is 0 Å². The number of rotatable bonds is 5. The van der Waals surface area contributed by atoms with Crippen LogP contribution in [0.3, 0.4) is 0 Å². The maximum Gasteiger partial charge on any atom is 0.119 e. The molecule has 0 heterocycles. The van der Waals surface area contributed by atoms with Crippen LogP contribution in [0.1, 0.15) is 39.7 Å². The van der Waals surface area contributed by atoms with Crippen molar-refractivity contribution >= 4 is 5.57 Å². The monoisotopic (exact) mass is 230 g/mol. The molecule has 0 amide bonds. The Kier molecular flexibility index (Phi) is 5.55. The van der Waals surface area contributed by atoms with Gasteiger partial charge in [-0.05, 0) is 50.5 Å². The van der Waals surface area contributed by atoms with Gasteiger partial charge in [0, 0.05) is 0 Å². The van der Waals surface area contributed by atoms with E-state index in [0.29, 0.717) is 0 Å². The van der Waals surface area contributed by atoms with Crippen LogP contribution in [0, 0.1) is 0 Å². The van der Waals surface area contributed by atoms with Crippen LogP contribution in [-0.4, -0.2) is 6.10 Å². The first-order valence-electron chi connectivity index (χ1n) is 6.27. The molecular weight excluding hydrogens is 208 g/mol. The lowest BCUT2D eigenvalue weighted by Crippen LogP contribution is -2.05. The van der Waals surface area contributed by atoms with E-state index in [9.17, 15) is 0 Å². The summed E-state index contributed by atoms with van der Waals surface area (Å²) >= 11 is 0. The molecule has 0 N–H and O–H groups in total. The molecule has 1 nitrogen and oxygen atoms in total. The molecule has 0 aliphatic carbocycles. The third-order valence-electron chi connectivity index (χ3n) is 2.40. The van der Waals surface area contributed by atoms with E-state index in [1.54, 1.807) is 0 Å². The molecule has 0 unspecified atom stereocenters. The number of ether oxygens (including phenoxy) is 1. The topological polar surface area (TPSA) is 9.23 Å². The summed E-state index contributed by atoms with van der Waals surface area (Å²) in [5, 5.41) is 0. The number of allylic oxidation sites excluding steroid dienone is 4. The zero-order valence-electron chi connectivity index (χ0n) is 11.2. The fourth-order valence-electron chi connectivity index (χ4n) is 1.60. The average molecular weight is 230 g/mol. The van der Waals surface area contributed by atoms with Crippen molar-refractivity contribution in [3.8, 4) is 5.75 Å². The first kappa shape index (κ1) is 13.6. The maximum absolute atomic E-state index is 5.63. The van der Waals surface area contributed by atoms with Gasteiger partial charge in [-0.2, -0.15) is 0 Å². The summed E-state index contributed by atoms with van der Waals surface area (Å²) in [4.78, 5) is 0. The normalized spacial score (nSPS) is 12.4. The molecule has 0 fully saturated rings. The lowest BCUT2D eigenvalue weighted by Gasteiger charge is -2.10. The summed E-state index contributed by atoms with van der Waals surface area (Å²) < 4.78 is 5.63. The van der Waals surface area contributed by atoms with Gasteiger partial charge in [0.15, 0.2) is 0 Å². The predicted molar refractivity (Wildman–Crippen MR) is 75.3 cm³/mol. The second-order valence-electron chi connectivity index (χ2n) is 4.25. The number of hydrogen-bond acceptors (Lipinski definition) is 1. The Morgan fingerprint density at radius 3 is 2.35 bits per heavy atom. The van der Waals surface area contributed by atoms with Crippen molar-refractivity contribution in [2.45, 2.75) is 40.2 Å². The van der Waals surface area contributed by atoms with Crippen LogP contribution in [0.4, 0.5) is 0 Å². The molecule has 0 atom stereocenters. The Morgan fingerprint density at radius 1 is 1.24 bits per heavy atom. The van der Waals surface area contributed by atoms with Gasteiger partial charge >= 0.3 is 0 Å². The minimum Gasteiger partial charge on any atom is -0.491 e. The van der Waals surface area contributed by atoms with Crippen molar-refractivity contribution in [2.24, 2.45) is 0 Å². The second kappa shape index (κ2) is 6.95. The highest BCUT2D eigenvalue weighted by Gasteiger charge is 1.99. The molecule has 92 valence electrons. The van der Waals surface area contributed by atoms with Gasteiger partial charge in [0.1, 0.15) is 5.75 Å². The van der Waals surface area contributed by atoms with E-state index >= 15 is 0 Å². The van der Waals surface area contributed by atoms with Crippen LogP contribution in [-0.2, 0) is 0 Å². The zero-order chi connectivity index (χ0) is 12.7. The molecule has 1 aromatic rings. The molecule has 0 aromatic heterocycles. The average Bonchev–Trinajstić information content (AvgIpc) is 2.31. The molecule has 0 bridgehead atoms. The van der Waals surface area contributed by atoms with Crippen molar-refractivity contribution in [1.82, 2.24) is 0 Å². The summed E-state index contributed by atoms with van der Waals surface area (Å²) in [6.07, 6.45) is 7.75. The molecule has 0 aliphatic rings. The molecule has 0 saturated heterocycles. The Hall–Kier alpha value is -1.50. The first-order valence-corrected chi connectivity index (χ1v) is 6.27. The first-order chi connectivity index (χ1) is 8.17. The third kappa shape index (κ3) is 4.48. The molecule has 0 saturated carbocycles. The van der Waals surface area contributed by atoms with E-state index in [1.807, 2.05) is 26.0 Å². The second-order valence-corrected chi connectivity index (χ2v) is 4.25. The minimum atomic E-state index is 0.224. The Labute approximate surface area is 105 Å². The third-order valence-corrected chi connectivity index (χ3v) is 2.40. The van der Waals surface area contributed by atoms with Gasteiger partial charge in [-0.15, -0.1) is 0 Å². The molecule has 17 heavy (non-hydrogen) atoms. The summed E-state index contributed by atoms with van der Waals surface area (Å²) in [6, 6.07) is 8.26. The standard InChI is InChI=1S/C16H22O/c1-5-7-8-14(6-2)15-9-11-16(12-10-15)17-13(3)4/h6-13H,5H2,1-4H3. The van der Waals surface area contributed by atoms with Gasteiger partial charge in [0.2, 0.25) is 0 Å². The van der Waals surface area contributed by atoms with Crippen LogP contribution >= 0.6 is 0 Å². The Morgan fingerprint density at radius 2 is 1.88 bits per heavy atom. The van der Waals surface area contributed by atoms with E-state index in [1.165, 1.54) is 11.1 Å². The Balaban J connectivity index is 2.82. The largest absolute Gasteiger partial charge is 0.491 e. The summed E-state index contributed by atoms with van der Waals surface area (Å²) in [5.74, 6) is 0.929. The lowest BCUT2D eigenvalue weighted by atomic mass is 10.0. The highest BCUT2D eigenvalue weighted by atomic mass is 16.5. The molecule has 1 aromatic carbocycles. The zero-order valence-corrected chi connectivity index (χ0v) is 11.2. The van der Waals surface area contributed by atoms with E-state index in [-0.39, 0.29) is 6.10 Å². The molecule has 0 aliphatic heterocycles. The molecular formula is C16H22O. The Bertz CT molecular complexity index is 382. The summed E-state index contributed by atoms with van der Waals surface area (Å²) in [5.41, 5.74) is 2.48. The quantitative estimate of drug-likeness (QED) is 0.657. The van der Waals surface area contributed by atoms with Gasteiger partial charge in [-0.3, -0.25) is 0 Å². The minimum absolute atomic E-state index is 0.224. The van der Waals surface area contributed by atoms with Crippen molar-refractivity contribution < 1.29 is 4.74 Å². The molecule has 0 spiro atoms. The van der Waals surface area contributed by atoms with Gasteiger partial charge in [0.25, 0.3) is 0 Å². The SMILES string of the molecule is CC=C(C=CCC)c1ccc(OC(C)C)cc1. The summed E-state index contributed by atoms with van der Waals surface area (Å²) in [6.45, 7) is 8.28. The highest BCUT2D eigenvalue weighted by molar-refractivity contribution is 5.73. The number of benzene rings is 1. The molecule has 1 heteroatoms. The van der Waals surface area contributed by atoms with Crippen LogP contribution < -0.4 is 4.74 Å². The highest BCUT2D eigenvalue weighted by Crippen LogP contribution is 2.20. The fraction of sp³-hybridized carbons (Fsp3) is 0.375. The molecule has 0 radical (unpaired) electrons. The fourth-order valence-corrected chi connectivity index (χ4v) is 1.60. The van der Waals surface area contributed by atoms with Crippen LogP contribution in [0.5, 0.6) is 5.75 Å². The van der Waals surface area contributed by atoms with Gasteiger partial charge < -0.3 is 4.74 Å². The van der Waals surface area contributed by atoms with E-state index in [4.69, 9.17) is 4.74 Å². The maximum atomic E-state index is 5.63. The van der Waals surface area contributed by atoms with Gasteiger partial charge in [-0.1, -0.05) is 37.3 Å².